The zero-order valence-corrected chi connectivity index (χ0v) is 13.3. The zero-order valence-electron chi connectivity index (χ0n) is 13.3. The number of pyridine rings is 1. The van der Waals surface area contributed by atoms with Gasteiger partial charge < -0.3 is 9.72 Å². The Morgan fingerprint density at radius 1 is 1.24 bits per heavy atom. The molecule has 4 rings (SSSR count). The van der Waals surface area contributed by atoms with E-state index in [9.17, 15) is 9.59 Å². The first-order valence-electron chi connectivity index (χ1n) is 7.97. The number of fused-ring (bicyclic) bond motifs is 1. The molecule has 0 saturated carbocycles. The van der Waals surface area contributed by atoms with Crippen molar-refractivity contribution < 1.29 is 9.53 Å². The Morgan fingerprint density at radius 2 is 2.08 bits per heavy atom. The number of benzene rings is 1. The minimum atomic E-state index is -0.682. The second-order valence-electron chi connectivity index (χ2n) is 5.79. The number of H-pyrrole nitrogens is 1. The Morgan fingerprint density at radius 3 is 2.92 bits per heavy atom. The van der Waals surface area contributed by atoms with Gasteiger partial charge in [0, 0.05) is 5.69 Å². The predicted molar refractivity (Wildman–Crippen MR) is 87.4 cm³/mol. The van der Waals surface area contributed by atoms with Crippen molar-refractivity contribution >= 4 is 5.97 Å². The smallest absolute Gasteiger partial charge is 0.344 e. The number of aromatic nitrogens is 5. The van der Waals surface area contributed by atoms with Crippen molar-refractivity contribution in [3.8, 4) is 5.69 Å². The van der Waals surface area contributed by atoms with Crippen LogP contribution in [0, 0.1) is 0 Å². The molecule has 1 aliphatic carbocycles. The van der Waals surface area contributed by atoms with Crippen molar-refractivity contribution in [1.29, 1.82) is 0 Å². The van der Waals surface area contributed by atoms with Crippen molar-refractivity contribution in [3.05, 3.63) is 69.4 Å². The van der Waals surface area contributed by atoms with Gasteiger partial charge in [-0.1, -0.05) is 18.2 Å². The third kappa shape index (κ3) is 2.93. The SMILES string of the molecule is O=C(OCc1nnnn1-c1ccccc1)c1cc2c([nH]c1=O)CCC2. The van der Waals surface area contributed by atoms with Gasteiger partial charge >= 0.3 is 5.97 Å². The van der Waals surface area contributed by atoms with Gasteiger partial charge in [-0.15, -0.1) is 5.10 Å². The average Bonchev–Trinajstić information content (AvgIpc) is 3.28. The molecule has 2 heterocycles. The number of nitrogens with zero attached hydrogens (tertiary/aromatic N) is 4. The summed E-state index contributed by atoms with van der Waals surface area (Å²) < 4.78 is 6.74. The molecule has 0 radical (unpaired) electrons. The van der Waals surface area contributed by atoms with Crippen LogP contribution in [0.25, 0.3) is 5.69 Å². The van der Waals surface area contributed by atoms with Gasteiger partial charge in [-0.05, 0) is 53.5 Å². The van der Waals surface area contributed by atoms with E-state index < -0.39 is 11.5 Å². The second-order valence-corrected chi connectivity index (χ2v) is 5.79. The number of carbonyl (C=O) groups is 1. The Balaban J connectivity index is 1.52. The van der Waals surface area contributed by atoms with Crippen LogP contribution in [0.4, 0.5) is 0 Å². The third-order valence-electron chi connectivity index (χ3n) is 4.18. The van der Waals surface area contributed by atoms with Crippen molar-refractivity contribution in [2.75, 3.05) is 0 Å². The van der Waals surface area contributed by atoms with Gasteiger partial charge in [-0.2, -0.15) is 4.68 Å². The standard InChI is InChI=1S/C17H15N5O3/c23-16-13(9-11-5-4-8-14(11)18-16)17(24)25-10-15-19-20-21-22(15)12-6-2-1-3-7-12/h1-3,6-7,9H,4-5,8,10H2,(H,18,23). The number of hydrogen-bond donors (Lipinski definition) is 1. The molecule has 126 valence electrons. The lowest BCUT2D eigenvalue weighted by atomic mass is 10.1. The topological polar surface area (TPSA) is 103 Å². The summed E-state index contributed by atoms with van der Waals surface area (Å²) in [5.74, 6) is -0.310. The first-order valence-corrected chi connectivity index (χ1v) is 7.97. The Kier molecular flexibility index (Phi) is 3.85. The third-order valence-corrected chi connectivity index (χ3v) is 4.18. The number of rotatable bonds is 4. The van der Waals surface area contributed by atoms with E-state index in [1.54, 1.807) is 6.07 Å². The van der Waals surface area contributed by atoms with E-state index >= 15 is 0 Å². The maximum absolute atomic E-state index is 12.3. The number of hydrogen-bond acceptors (Lipinski definition) is 6. The molecule has 8 nitrogen and oxygen atoms in total. The molecule has 0 bridgehead atoms. The molecule has 1 aliphatic rings. The Hall–Kier alpha value is -3.29. The Bertz CT molecular complexity index is 977. The molecule has 0 fully saturated rings. The van der Waals surface area contributed by atoms with E-state index in [0.29, 0.717) is 5.82 Å². The summed E-state index contributed by atoms with van der Waals surface area (Å²) in [7, 11) is 0. The fourth-order valence-electron chi connectivity index (χ4n) is 2.94. The largest absolute Gasteiger partial charge is 0.454 e. The summed E-state index contributed by atoms with van der Waals surface area (Å²) >= 11 is 0. The molecule has 8 heteroatoms. The lowest BCUT2D eigenvalue weighted by Crippen LogP contribution is -2.21. The summed E-state index contributed by atoms with van der Waals surface area (Å²) in [6, 6.07) is 10.9. The van der Waals surface area contributed by atoms with E-state index in [2.05, 4.69) is 20.5 Å². The van der Waals surface area contributed by atoms with Crippen molar-refractivity contribution in [2.45, 2.75) is 25.9 Å². The highest BCUT2D eigenvalue weighted by Crippen LogP contribution is 2.19. The minimum absolute atomic E-state index is 0.0133. The van der Waals surface area contributed by atoms with Gasteiger partial charge in [0.05, 0.1) is 5.69 Å². The minimum Gasteiger partial charge on any atom is -0.454 e. The van der Waals surface area contributed by atoms with Crippen molar-refractivity contribution in [1.82, 2.24) is 25.2 Å². The molecule has 1 aromatic carbocycles. The van der Waals surface area contributed by atoms with Gasteiger partial charge in [-0.25, -0.2) is 4.79 Å². The van der Waals surface area contributed by atoms with E-state index in [0.717, 1.165) is 36.2 Å². The average molecular weight is 337 g/mol. The zero-order chi connectivity index (χ0) is 17.2. The van der Waals surface area contributed by atoms with Crippen LogP contribution in [0.1, 0.15) is 33.9 Å². The molecule has 0 atom stereocenters. The molecule has 1 N–H and O–H groups in total. The summed E-state index contributed by atoms with van der Waals surface area (Å²) in [6.45, 7) is -0.128. The van der Waals surface area contributed by atoms with E-state index in [1.807, 2.05) is 30.3 Å². The van der Waals surface area contributed by atoms with Crippen LogP contribution < -0.4 is 5.56 Å². The molecule has 0 saturated heterocycles. The van der Waals surface area contributed by atoms with Crippen LogP contribution in [0.5, 0.6) is 0 Å². The summed E-state index contributed by atoms with van der Waals surface area (Å²) in [4.78, 5) is 27.1. The number of aryl methyl sites for hydroxylation is 2. The highest BCUT2D eigenvalue weighted by molar-refractivity contribution is 5.89. The van der Waals surface area contributed by atoms with Crippen LogP contribution in [-0.2, 0) is 24.2 Å². The number of ether oxygens (including phenoxy) is 1. The molecule has 0 amide bonds. The van der Waals surface area contributed by atoms with Crippen molar-refractivity contribution in [2.24, 2.45) is 0 Å². The van der Waals surface area contributed by atoms with E-state index in [1.165, 1.54) is 4.68 Å². The highest BCUT2D eigenvalue weighted by Gasteiger charge is 2.20. The fraction of sp³-hybridized carbons (Fsp3) is 0.235. The molecular weight excluding hydrogens is 322 g/mol. The summed E-state index contributed by atoms with van der Waals surface area (Å²) in [5.41, 5.74) is 2.26. The van der Waals surface area contributed by atoms with Gasteiger partial charge in [0.15, 0.2) is 12.4 Å². The van der Waals surface area contributed by atoms with E-state index in [-0.39, 0.29) is 12.2 Å². The first kappa shape index (κ1) is 15.3. The summed E-state index contributed by atoms with van der Waals surface area (Å²) in [5, 5.41) is 11.4. The Labute approximate surface area is 142 Å². The maximum atomic E-state index is 12.3. The van der Waals surface area contributed by atoms with Crippen LogP contribution in [0.3, 0.4) is 0 Å². The number of para-hydroxylation sites is 1. The second kappa shape index (κ2) is 6.31. The normalized spacial score (nSPS) is 12.8. The van der Waals surface area contributed by atoms with Gasteiger partial charge in [0.25, 0.3) is 5.56 Å². The predicted octanol–water partition coefficient (Wildman–Crippen LogP) is 1.20. The van der Waals surface area contributed by atoms with E-state index in [4.69, 9.17) is 4.74 Å². The quantitative estimate of drug-likeness (QED) is 0.718. The number of carbonyl (C=O) groups excluding carboxylic acids is 1. The van der Waals surface area contributed by atoms with Gasteiger partial charge in [-0.3, -0.25) is 4.79 Å². The van der Waals surface area contributed by atoms with Crippen LogP contribution in [0.15, 0.2) is 41.2 Å². The summed E-state index contributed by atoms with van der Waals surface area (Å²) in [6.07, 6.45) is 2.68. The lowest BCUT2D eigenvalue weighted by molar-refractivity contribution is 0.0457. The van der Waals surface area contributed by atoms with Crippen LogP contribution in [0.2, 0.25) is 0 Å². The number of nitrogens with one attached hydrogen (secondary N) is 1. The lowest BCUT2D eigenvalue weighted by Gasteiger charge is -2.07. The van der Waals surface area contributed by atoms with Crippen LogP contribution in [-0.4, -0.2) is 31.2 Å². The molecule has 3 aromatic rings. The van der Waals surface area contributed by atoms with Crippen LogP contribution >= 0.6 is 0 Å². The fourth-order valence-corrected chi connectivity index (χ4v) is 2.94. The molecule has 2 aromatic heterocycles. The number of aromatic amines is 1. The molecule has 25 heavy (non-hydrogen) atoms. The first-order chi connectivity index (χ1) is 12.2. The molecule has 0 spiro atoms. The molecular formula is C17H15N5O3. The monoisotopic (exact) mass is 337 g/mol. The number of tetrazole rings is 1. The maximum Gasteiger partial charge on any atom is 0.344 e. The van der Waals surface area contributed by atoms with Gasteiger partial charge in [0.1, 0.15) is 5.56 Å². The van der Waals surface area contributed by atoms with Gasteiger partial charge in [0.2, 0.25) is 0 Å². The number of esters is 1. The highest BCUT2D eigenvalue weighted by atomic mass is 16.5. The molecule has 0 aliphatic heterocycles. The molecule has 0 unspecified atom stereocenters. The van der Waals surface area contributed by atoms with Crippen molar-refractivity contribution in [3.63, 3.8) is 0 Å².